The van der Waals surface area contributed by atoms with E-state index in [1.165, 1.54) is 25.8 Å². The van der Waals surface area contributed by atoms with Gasteiger partial charge in [0.25, 0.3) is 0 Å². The molecule has 2 aliphatic heterocycles. The summed E-state index contributed by atoms with van der Waals surface area (Å²) in [5.41, 5.74) is 2.07. The third-order valence-electron chi connectivity index (χ3n) is 6.18. The van der Waals surface area contributed by atoms with Crippen LogP contribution in [0.25, 0.3) is 11.0 Å². The number of imidazole rings is 1. The number of hydrogen-bond donors (Lipinski definition) is 2. The number of hydrogen-bond acceptors (Lipinski definition) is 4. The summed E-state index contributed by atoms with van der Waals surface area (Å²) in [6.45, 7) is 6.97. The molecule has 2 aromatic rings. The molecule has 2 saturated heterocycles. The van der Waals surface area contributed by atoms with Crippen molar-refractivity contribution < 1.29 is 4.79 Å². The van der Waals surface area contributed by atoms with Gasteiger partial charge in [-0.3, -0.25) is 9.69 Å². The number of amides is 1. The van der Waals surface area contributed by atoms with Crippen LogP contribution in [0.15, 0.2) is 24.3 Å². The Morgan fingerprint density at radius 1 is 1.19 bits per heavy atom. The van der Waals surface area contributed by atoms with Crippen LogP contribution in [-0.2, 0) is 4.79 Å². The van der Waals surface area contributed by atoms with Crippen LogP contribution < -0.4 is 10.2 Å². The van der Waals surface area contributed by atoms with E-state index in [0.717, 1.165) is 56.0 Å². The summed E-state index contributed by atoms with van der Waals surface area (Å²) in [6.07, 6.45) is 5.70. The van der Waals surface area contributed by atoms with Crippen molar-refractivity contribution in [3.63, 3.8) is 0 Å². The predicted molar refractivity (Wildman–Crippen MR) is 109 cm³/mol. The minimum absolute atomic E-state index is 0.129. The molecule has 1 atom stereocenters. The molecule has 0 aliphatic carbocycles. The summed E-state index contributed by atoms with van der Waals surface area (Å²) in [5.74, 6) is 1.28. The van der Waals surface area contributed by atoms with Crippen LogP contribution in [0.2, 0.25) is 0 Å². The molecule has 6 heteroatoms. The number of H-pyrrole nitrogens is 1. The van der Waals surface area contributed by atoms with Crippen LogP contribution in [-0.4, -0.2) is 59.5 Å². The molecular formula is C21H31N5O. The van der Waals surface area contributed by atoms with E-state index in [0.29, 0.717) is 6.04 Å². The molecular weight excluding hydrogens is 338 g/mol. The molecule has 1 aromatic carbocycles. The largest absolute Gasteiger partial charge is 0.355 e. The van der Waals surface area contributed by atoms with Crippen LogP contribution >= 0.6 is 0 Å². The maximum absolute atomic E-state index is 12.5. The first-order chi connectivity index (χ1) is 13.2. The smallest absolute Gasteiger partial charge is 0.223 e. The van der Waals surface area contributed by atoms with Crippen molar-refractivity contribution in [1.82, 2.24) is 20.2 Å². The summed E-state index contributed by atoms with van der Waals surface area (Å²) in [7, 11) is 0. The van der Waals surface area contributed by atoms with Crippen LogP contribution in [0.1, 0.15) is 39.0 Å². The van der Waals surface area contributed by atoms with Gasteiger partial charge < -0.3 is 15.2 Å². The minimum atomic E-state index is 0.129. The molecule has 3 heterocycles. The molecule has 0 saturated carbocycles. The van der Waals surface area contributed by atoms with Crippen molar-refractivity contribution >= 4 is 22.9 Å². The Balaban J connectivity index is 1.23. The lowest BCUT2D eigenvalue weighted by Gasteiger charge is -2.34. The van der Waals surface area contributed by atoms with Gasteiger partial charge in [0.05, 0.1) is 11.0 Å². The fourth-order valence-corrected chi connectivity index (χ4v) is 4.40. The number of likely N-dealkylation sites (tertiary alicyclic amines) is 1. The van der Waals surface area contributed by atoms with Gasteiger partial charge >= 0.3 is 0 Å². The van der Waals surface area contributed by atoms with Crippen molar-refractivity contribution in [1.29, 1.82) is 0 Å². The van der Waals surface area contributed by atoms with Gasteiger partial charge in [-0.1, -0.05) is 18.6 Å². The molecule has 2 N–H and O–H groups in total. The van der Waals surface area contributed by atoms with Crippen LogP contribution in [0.5, 0.6) is 0 Å². The molecule has 0 spiro atoms. The number of para-hydroxylation sites is 2. The van der Waals surface area contributed by atoms with E-state index in [1.807, 2.05) is 18.2 Å². The van der Waals surface area contributed by atoms with Crippen LogP contribution in [0.3, 0.4) is 0 Å². The Bertz CT molecular complexity index is 732. The van der Waals surface area contributed by atoms with E-state index in [-0.39, 0.29) is 11.8 Å². The van der Waals surface area contributed by atoms with E-state index in [4.69, 9.17) is 0 Å². The van der Waals surface area contributed by atoms with Gasteiger partial charge in [0.15, 0.2) is 0 Å². The third-order valence-corrected chi connectivity index (χ3v) is 6.18. The van der Waals surface area contributed by atoms with Gasteiger partial charge in [-0.2, -0.15) is 0 Å². The number of benzene rings is 1. The molecule has 1 unspecified atom stereocenters. The number of nitrogens with zero attached hydrogens (tertiary/aromatic N) is 3. The highest BCUT2D eigenvalue weighted by atomic mass is 16.1. The van der Waals surface area contributed by atoms with E-state index in [1.54, 1.807) is 0 Å². The maximum Gasteiger partial charge on any atom is 0.223 e. The molecule has 4 rings (SSSR count). The number of carbonyl (C=O) groups is 1. The molecule has 2 aliphatic rings. The zero-order valence-corrected chi connectivity index (χ0v) is 16.3. The summed E-state index contributed by atoms with van der Waals surface area (Å²) in [6, 6.07) is 8.76. The Hall–Kier alpha value is -2.08. The quantitative estimate of drug-likeness (QED) is 0.851. The zero-order chi connectivity index (χ0) is 18.6. The average molecular weight is 370 g/mol. The number of nitrogens with one attached hydrogen (secondary N) is 2. The maximum atomic E-state index is 12.5. The van der Waals surface area contributed by atoms with Gasteiger partial charge in [0.1, 0.15) is 0 Å². The van der Waals surface area contributed by atoms with Crippen molar-refractivity contribution in [3.8, 4) is 0 Å². The first-order valence-electron chi connectivity index (χ1n) is 10.4. The number of rotatable bonds is 5. The lowest BCUT2D eigenvalue weighted by molar-refractivity contribution is -0.125. The van der Waals surface area contributed by atoms with Gasteiger partial charge in [-0.05, 0) is 51.3 Å². The fraction of sp³-hybridized carbons (Fsp3) is 0.619. The second-order valence-electron chi connectivity index (χ2n) is 8.01. The lowest BCUT2D eigenvalue weighted by Crippen LogP contribution is -2.45. The zero-order valence-electron chi connectivity index (χ0n) is 16.3. The molecule has 146 valence electrons. The molecule has 6 nitrogen and oxygen atoms in total. The SMILES string of the molecule is CC1CCCCN1CCNC(=O)C1CCN(c2nc3ccccc3[nH]2)CC1. The highest BCUT2D eigenvalue weighted by molar-refractivity contribution is 5.79. The molecule has 2 fully saturated rings. The second kappa shape index (κ2) is 8.30. The van der Waals surface area contributed by atoms with Crippen molar-refractivity contribution in [2.45, 2.75) is 45.1 Å². The normalized spacial score (nSPS) is 22.3. The summed E-state index contributed by atoms with van der Waals surface area (Å²) in [4.78, 5) is 25.4. The number of aromatic nitrogens is 2. The van der Waals surface area contributed by atoms with E-state index >= 15 is 0 Å². The molecule has 0 bridgehead atoms. The second-order valence-corrected chi connectivity index (χ2v) is 8.01. The molecule has 27 heavy (non-hydrogen) atoms. The predicted octanol–water partition coefficient (Wildman–Crippen LogP) is 2.77. The Morgan fingerprint density at radius 2 is 2.00 bits per heavy atom. The number of piperidine rings is 2. The fourth-order valence-electron chi connectivity index (χ4n) is 4.40. The van der Waals surface area contributed by atoms with Crippen molar-refractivity contribution in [3.05, 3.63) is 24.3 Å². The molecule has 0 radical (unpaired) electrons. The summed E-state index contributed by atoms with van der Waals surface area (Å²) >= 11 is 0. The third kappa shape index (κ3) is 4.26. The first kappa shape index (κ1) is 18.3. The average Bonchev–Trinajstić information content (AvgIpc) is 3.14. The van der Waals surface area contributed by atoms with Gasteiger partial charge in [-0.25, -0.2) is 4.98 Å². The lowest BCUT2D eigenvalue weighted by atomic mass is 9.96. The van der Waals surface area contributed by atoms with Crippen LogP contribution in [0.4, 0.5) is 5.95 Å². The van der Waals surface area contributed by atoms with Gasteiger partial charge in [0, 0.05) is 38.1 Å². The Morgan fingerprint density at radius 3 is 2.78 bits per heavy atom. The van der Waals surface area contributed by atoms with E-state index in [9.17, 15) is 4.79 Å². The van der Waals surface area contributed by atoms with Crippen molar-refractivity contribution in [2.24, 2.45) is 5.92 Å². The standard InChI is InChI=1S/C21H31N5O/c1-16-6-4-5-12-25(16)15-11-22-20(27)17-9-13-26(14-10-17)21-23-18-7-2-3-8-19(18)24-21/h2-3,7-8,16-17H,4-6,9-15H2,1H3,(H,22,27)(H,23,24). The molecule has 1 amide bonds. The monoisotopic (exact) mass is 369 g/mol. The minimum Gasteiger partial charge on any atom is -0.355 e. The number of aromatic amines is 1. The highest BCUT2D eigenvalue weighted by Crippen LogP contribution is 2.23. The first-order valence-corrected chi connectivity index (χ1v) is 10.4. The number of fused-ring (bicyclic) bond motifs is 1. The topological polar surface area (TPSA) is 64.3 Å². The summed E-state index contributed by atoms with van der Waals surface area (Å²) < 4.78 is 0. The Kier molecular flexibility index (Phi) is 5.62. The number of carbonyl (C=O) groups excluding carboxylic acids is 1. The van der Waals surface area contributed by atoms with E-state index < -0.39 is 0 Å². The van der Waals surface area contributed by atoms with Gasteiger partial charge in [0.2, 0.25) is 11.9 Å². The highest BCUT2D eigenvalue weighted by Gasteiger charge is 2.26. The molecule has 1 aromatic heterocycles. The van der Waals surface area contributed by atoms with Crippen molar-refractivity contribution in [2.75, 3.05) is 37.6 Å². The van der Waals surface area contributed by atoms with Gasteiger partial charge in [-0.15, -0.1) is 0 Å². The summed E-state index contributed by atoms with van der Waals surface area (Å²) in [5, 5.41) is 3.17. The van der Waals surface area contributed by atoms with E-state index in [2.05, 4.69) is 38.1 Å². The number of anilines is 1. The Labute approximate surface area is 161 Å². The van der Waals surface area contributed by atoms with Crippen LogP contribution in [0, 0.1) is 5.92 Å².